The third-order valence-electron chi connectivity index (χ3n) is 2.66. The Balaban J connectivity index is 2.30. The maximum Gasteiger partial charge on any atom is 0.148 e. The molecule has 16 heavy (non-hydrogen) atoms. The molecule has 1 N–H and O–H groups in total. The number of halogens is 1. The van der Waals surface area contributed by atoms with Crippen LogP contribution in [0, 0.1) is 11.3 Å². The van der Waals surface area contributed by atoms with Crippen molar-refractivity contribution in [3.05, 3.63) is 22.8 Å². The predicted molar refractivity (Wildman–Crippen MR) is 63.6 cm³/mol. The molecule has 1 atom stereocenters. The van der Waals surface area contributed by atoms with Crippen LogP contribution >= 0.6 is 11.6 Å². The quantitative estimate of drug-likeness (QED) is 0.801. The Labute approximate surface area is 99.8 Å². The van der Waals surface area contributed by atoms with Crippen LogP contribution in [0.1, 0.15) is 12.5 Å². The summed E-state index contributed by atoms with van der Waals surface area (Å²) in [6, 6.07) is 4.12. The zero-order valence-corrected chi connectivity index (χ0v) is 9.83. The predicted octanol–water partition coefficient (Wildman–Crippen LogP) is 1.40. The Kier molecular flexibility index (Phi) is 3.28. The van der Waals surface area contributed by atoms with Crippen molar-refractivity contribution in [2.24, 2.45) is 0 Å². The molecule has 0 aliphatic carbocycles. The van der Waals surface area contributed by atoms with Gasteiger partial charge in [0, 0.05) is 31.9 Å². The van der Waals surface area contributed by atoms with Gasteiger partial charge < -0.3 is 10.2 Å². The summed E-state index contributed by atoms with van der Waals surface area (Å²) in [7, 11) is 0. The summed E-state index contributed by atoms with van der Waals surface area (Å²) < 4.78 is 0. The van der Waals surface area contributed by atoms with Crippen molar-refractivity contribution in [3.8, 4) is 6.07 Å². The number of hydrogen-bond donors (Lipinski definition) is 1. The zero-order valence-electron chi connectivity index (χ0n) is 9.07. The highest BCUT2D eigenvalue weighted by Gasteiger charge is 2.20. The van der Waals surface area contributed by atoms with Crippen molar-refractivity contribution in [1.29, 1.82) is 5.26 Å². The van der Waals surface area contributed by atoms with Crippen LogP contribution in [0.15, 0.2) is 12.3 Å². The Morgan fingerprint density at radius 2 is 2.50 bits per heavy atom. The van der Waals surface area contributed by atoms with Gasteiger partial charge in [-0.2, -0.15) is 5.26 Å². The summed E-state index contributed by atoms with van der Waals surface area (Å²) >= 11 is 6.14. The van der Waals surface area contributed by atoms with E-state index in [0.717, 1.165) is 19.6 Å². The van der Waals surface area contributed by atoms with Crippen molar-refractivity contribution in [3.63, 3.8) is 0 Å². The maximum atomic E-state index is 8.90. The number of anilines is 1. The first kappa shape index (κ1) is 11.2. The number of aromatic nitrogens is 1. The van der Waals surface area contributed by atoms with Crippen LogP contribution in [0.5, 0.6) is 0 Å². The fourth-order valence-corrected chi connectivity index (χ4v) is 2.14. The molecule has 84 valence electrons. The minimum Gasteiger partial charge on any atom is -0.353 e. The van der Waals surface area contributed by atoms with Crippen LogP contribution in [0.25, 0.3) is 0 Å². The van der Waals surface area contributed by atoms with Crippen molar-refractivity contribution >= 4 is 17.4 Å². The third kappa shape index (κ3) is 2.11. The number of nitrogens with zero attached hydrogens (tertiary/aromatic N) is 3. The minimum atomic E-state index is 0.414. The van der Waals surface area contributed by atoms with Crippen LogP contribution in [-0.4, -0.2) is 30.7 Å². The molecule has 2 heterocycles. The summed E-state index contributed by atoms with van der Waals surface area (Å²) in [6.45, 7) is 4.76. The Morgan fingerprint density at radius 1 is 1.69 bits per heavy atom. The Morgan fingerprint density at radius 3 is 3.19 bits per heavy atom. The topological polar surface area (TPSA) is 52.0 Å². The molecule has 1 aliphatic rings. The lowest BCUT2D eigenvalue weighted by molar-refractivity contribution is 0.482. The lowest BCUT2D eigenvalue weighted by Gasteiger charge is -2.33. The smallest absolute Gasteiger partial charge is 0.148 e. The average Bonchev–Trinajstić information content (AvgIpc) is 2.29. The number of pyridine rings is 1. The highest BCUT2D eigenvalue weighted by molar-refractivity contribution is 6.34. The van der Waals surface area contributed by atoms with E-state index < -0.39 is 0 Å². The summed E-state index contributed by atoms with van der Waals surface area (Å²) in [5, 5.41) is 12.7. The van der Waals surface area contributed by atoms with E-state index in [4.69, 9.17) is 16.9 Å². The average molecular weight is 237 g/mol. The molecule has 0 saturated carbocycles. The van der Waals surface area contributed by atoms with Crippen molar-refractivity contribution in [1.82, 2.24) is 10.3 Å². The second kappa shape index (κ2) is 4.69. The lowest BCUT2D eigenvalue weighted by atomic mass is 10.2. The van der Waals surface area contributed by atoms with E-state index in [9.17, 15) is 0 Å². The minimum absolute atomic E-state index is 0.414. The molecule has 0 bridgehead atoms. The number of piperazine rings is 1. The molecule has 5 heteroatoms. The molecular formula is C11H13ClN4. The standard InChI is InChI=1S/C11H13ClN4/c1-8-7-16(5-4-14-8)11-10(12)9(6-13)2-3-15-11/h2-3,8,14H,4-5,7H2,1H3/t8-/m0/s1. The molecule has 0 unspecified atom stereocenters. The summed E-state index contributed by atoms with van der Waals surface area (Å²) in [5.41, 5.74) is 0.484. The molecular weight excluding hydrogens is 224 g/mol. The highest BCUT2D eigenvalue weighted by Crippen LogP contribution is 2.26. The van der Waals surface area contributed by atoms with Gasteiger partial charge in [0.2, 0.25) is 0 Å². The van der Waals surface area contributed by atoms with Gasteiger partial charge in [0.05, 0.1) is 5.56 Å². The van der Waals surface area contributed by atoms with Gasteiger partial charge in [0.15, 0.2) is 0 Å². The number of nitrogens with one attached hydrogen (secondary N) is 1. The van der Waals surface area contributed by atoms with Gasteiger partial charge >= 0.3 is 0 Å². The van der Waals surface area contributed by atoms with Crippen LogP contribution in [-0.2, 0) is 0 Å². The molecule has 4 nitrogen and oxygen atoms in total. The highest BCUT2D eigenvalue weighted by atomic mass is 35.5. The lowest BCUT2D eigenvalue weighted by Crippen LogP contribution is -2.49. The van der Waals surface area contributed by atoms with Gasteiger partial charge in [-0.1, -0.05) is 11.6 Å². The number of hydrogen-bond acceptors (Lipinski definition) is 4. The first-order valence-corrected chi connectivity index (χ1v) is 5.63. The molecule has 0 amide bonds. The first-order chi connectivity index (χ1) is 7.72. The first-order valence-electron chi connectivity index (χ1n) is 5.25. The molecule has 0 aromatic carbocycles. The SMILES string of the molecule is C[C@H]1CN(c2nccc(C#N)c2Cl)CCN1. The largest absolute Gasteiger partial charge is 0.353 e. The van der Waals surface area contributed by atoms with Gasteiger partial charge in [-0.15, -0.1) is 0 Å². The van der Waals surface area contributed by atoms with E-state index in [1.807, 2.05) is 0 Å². The molecule has 1 aliphatic heterocycles. The molecule has 1 aromatic heterocycles. The van der Waals surface area contributed by atoms with Gasteiger partial charge in [0.25, 0.3) is 0 Å². The fraction of sp³-hybridized carbons (Fsp3) is 0.455. The second-order valence-corrected chi connectivity index (χ2v) is 4.29. The van der Waals surface area contributed by atoms with Gasteiger partial charge in [0.1, 0.15) is 16.9 Å². The van der Waals surface area contributed by atoms with Crippen molar-refractivity contribution in [2.75, 3.05) is 24.5 Å². The Bertz CT molecular complexity index is 426. The van der Waals surface area contributed by atoms with Crippen LogP contribution in [0.4, 0.5) is 5.82 Å². The van der Waals surface area contributed by atoms with Crippen LogP contribution in [0.3, 0.4) is 0 Å². The van der Waals surface area contributed by atoms with Crippen LogP contribution < -0.4 is 10.2 Å². The van der Waals surface area contributed by atoms with Gasteiger partial charge in [-0.3, -0.25) is 0 Å². The molecule has 0 radical (unpaired) electrons. The van der Waals surface area contributed by atoms with E-state index in [1.165, 1.54) is 0 Å². The van der Waals surface area contributed by atoms with E-state index in [1.54, 1.807) is 12.3 Å². The molecule has 1 saturated heterocycles. The second-order valence-electron chi connectivity index (χ2n) is 3.91. The number of rotatable bonds is 1. The summed E-state index contributed by atoms with van der Waals surface area (Å²) in [5.74, 6) is 0.717. The zero-order chi connectivity index (χ0) is 11.5. The number of nitriles is 1. The van der Waals surface area contributed by atoms with Gasteiger partial charge in [-0.05, 0) is 13.0 Å². The summed E-state index contributed by atoms with van der Waals surface area (Å²) in [4.78, 5) is 6.38. The van der Waals surface area contributed by atoms with Crippen LogP contribution in [0.2, 0.25) is 5.02 Å². The summed E-state index contributed by atoms with van der Waals surface area (Å²) in [6.07, 6.45) is 1.63. The monoisotopic (exact) mass is 236 g/mol. The Hall–Kier alpha value is -1.31. The van der Waals surface area contributed by atoms with Gasteiger partial charge in [-0.25, -0.2) is 4.98 Å². The van der Waals surface area contributed by atoms with E-state index >= 15 is 0 Å². The molecule has 1 aromatic rings. The maximum absolute atomic E-state index is 8.90. The van der Waals surface area contributed by atoms with Crippen molar-refractivity contribution in [2.45, 2.75) is 13.0 Å². The van der Waals surface area contributed by atoms with Crippen molar-refractivity contribution < 1.29 is 0 Å². The van der Waals surface area contributed by atoms with E-state index in [2.05, 4.69) is 28.2 Å². The molecule has 2 rings (SSSR count). The molecule has 1 fully saturated rings. The molecule has 0 spiro atoms. The fourth-order valence-electron chi connectivity index (χ4n) is 1.86. The van der Waals surface area contributed by atoms with E-state index in [0.29, 0.717) is 22.4 Å². The third-order valence-corrected chi connectivity index (χ3v) is 3.03. The van der Waals surface area contributed by atoms with E-state index in [-0.39, 0.29) is 0 Å². The normalized spacial score (nSPS) is 20.6.